The van der Waals surface area contributed by atoms with Crippen LogP contribution in [0.15, 0.2) is 36.4 Å². The average molecular weight is 514 g/mol. The number of hydrogen-bond acceptors (Lipinski definition) is 7. The third-order valence-electron chi connectivity index (χ3n) is 4.97. The van der Waals surface area contributed by atoms with Crippen molar-refractivity contribution in [1.82, 2.24) is 10.2 Å². The van der Waals surface area contributed by atoms with Crippen LogP contribution < -0.4 is 19.5 Å². The van der Waals surface area contributed by atoms with Gasteiger partial charge in [-0.2, -0.15) is 0 Å². The molecule has 8 nitrogen and oxygen atoms in total. The molecule has 2 aromatic carbocycles. The largest absolute Gasteiger partial charge is 0.573 e. The molecule has 1 saturated heterocycles. The highest BCUT2D eigenvalue weighted by molar-refractivity contribution is 5.85. The number of ether oxygens (including phenoxy) is 3. The van der Waals surface area contributed by atoms with Crippen LogP contribution in [0.5, 0.6) is 17.2 Å². The zero-order chi connectivity index (χ0) is 22.6. The van der Waals surface area contributed by atoms with Crippen LogP contribution in [0.1, 0.15) is 17.2 Å². The summed E-state index contributed by atoms with van der Waals surface area (Å²) in [6, 6.07) is 7.62. The molecule has 1 aliphatic heterocycles. The van der Waals surface area contributed by atoms with Gasteiger partial charge in [-0.05, 0) is 23.8 Å². The molecular weight excluding hydrogens is 490 g/mol. The quantitative estimate of drug-likeness (QED) is 0.435. The van der Waals surface area contributed by atoms with Gasteiger partial charge in [-0.15, -0.1) is 38.0 Å². The van der Waals surface area contributed by atoms with E-state index in [4.69, 9.17) is 9.47 Å². The van der Waals surface area contributed by atoms with E-state index in [1.54, 1.807) is 6.07 Å². The lowest BCUT2D eigenvalue weighted by atomic mass is 9.94. The number of piperazine rings is 1. The Kier molecular flexibility index (Phi) is 10.5. The van der Waals surface area contributed by atoms with E-state index in [9.17, 15) is 23.3 Å². The van der Waals surface area contributed by atoms with Crippen LogP contribution in [0.2, 0.25) is 0 Å². The van der Waals surface area contributed by atoms with Gasteiger partial charge in [0.25, 0.3) is 5.69 Å². The van der Waals surface area contributed by atoms with E-state index < -0.39 is 17.3 Å². The van der Waals surface area contributed by atoms with Gasteiger partial charge < -0.3 is 19.5 Å². The first kappa shape index (κ1) is 28.6. The number of hydrogen-bond donors (Lipinski definition) is 1. The number of rotatable bonds is 7. The Morgan fingerprint density at radius 2 is 1.58 bits per heavy atom. The number of halogens is 5. The van der Waals surface area contributed by atoms with Crippen molar-refractivity contribution in [2.24, 2.45) is 0 Å². The Morgan fingerprint density at radius 1 is 1.03 bits per heavy atom. The second-order valence-corrected chi connectivity index (χ2v) is 6.83. The molecule has 13 heteroatoms. The Morgan fingerprint density at radius 3 is 2.06 bits per heavy atom. The second kappa shape index (κ2) is 12.1. The third kappa shape index (κ3) is 7.00. The number of nitrogens with zero attached hydrogens (tertiary/aromatic N) is 2. The van der Waals surface area contributed by atoms with Crippen LogP contribution in [0.4, 0.5) is 18.9 Å². The molecule has 1 atom stereocenters. The van der Waals surface area contributed by atoms with Crippen molar-refractivity contribution in [2.45, 2.75) is 12.4 Å². The first-order valence-corrected chi connectivity index (χ1v) is 9.44. The Bertz CT molecular complexity index is 926. The van der Waals surface area contributed by atoms with Crippen molar-refractivity contribution >= 4 is 30.5 Å². The molecule has 1 heterocycles. The number of methoxy groups -OCH3 is 2. The van der Waals surface area contributed by atoms with Crippen molar-refractivity contribution in [3.8, 4) is 17.2 Å². The van der Waals surface area contributed by atoms with Crippen LogP contribution in [-0.2, 0) is 0 Å². The predicted octanol–water partition coefficient (Wildman–Crippen LogP) is 4.35. The van der Waals surface area contributed by atoms with Crippen LogP contribution >= 0.6 is 24.8 Å². The SMILES string of the molecule is COc1cc([C@@H](c2ccc(OC(F)(F)F)cc2)N2CCNCC2)c([N+](=O)[O-])cc1OC.Cl.Cl. The standard InChI is InChI=1S/C20H22F3N3O5.2ClH/c1-29-17-11-15(16(26(27)28)12-18(17)30-2)19(25-9-7-24-8-10-25)13-3-5-14(6-4-13)31-20(21,22)23;;/h3-6,11-12,19,24H,7-10H2,1-2H3;2*1H/t19-;;/m1../s1. The third-order valence-corrected chi connectivity index (χ3v) is 4.97. The first-order valence-electron chi connectivity index (χ1n) is 9.44. The molecule has 33 heavy (non-hydrogen) atoms. The van der Waals surface area contributed by atoms with Gasteiger partial charge in [0, 0.05) is 26.2 Å². The average Bonchev–Trinajstić information content (AvgIpc) is 2.74. The van der Waals surface area contributed by atoms with Crippen LogP contribution in [0.3, 0.4) is 0 Å². The van der Waals surface area contributed by atoms with Crippen LogP contribution in [0, 0.1) is 10.1 Å². The number of benzene rings is 2. The maximum atomic E-state index is 12.5. The maximum absolute atomic E-state index is 12.5. The van der Waals surface area contributed by atoms with Crippen LogP contribution in [-0.4, -0.2) is 56.6 Å². The summed E-state index contributed by atoms with van der Waals surface area (Å²) in [7, 11) is 2.81. The summed E-state index contributed by atoms with van der Waals surface area (Å²) in [6.07, 6.45) is -4.80. The molecule has 184 valence electrons. The monoisotopic (exact) mass is 513 g/mol. The van der Waals surface area contributed by atoms with Crippen molar-refractivity contribution in [3.05, 3.63) is 57.6 Å². The normalized spacial score (nSPS) is 14.9. The highest BCUT2D eigenvalue weighted by Crippen LogP contribution is 2.42. The van der Waals surface area contributed by atoms with Gasteiger partial charge in [-0.3, -0.25) is 15.0 Å². The number of alkyl halides is 3. The molecule has 0 aliphatic carbocycles. The van der Waals surface area contributed by atoms with E-state index in [2.05, 4.69) is 10.1 Å². The highest BCUT2D eigenvalue weighted by atomic mass is 35.5. The van der Waals surface area contributed by atoms with Gasteiger partial charge in [0.15, 0.2) is 11.5 Å². The summed E-state index contributed by atoms with van der Waals surface area (Å²) in [5.74, 6) is 0.170. The van der Waals surface area contributed by atoms with Crippen LogP contribution in [0.25, 0.3) is 0 Å². The van der Waals surface area contributed by atoms with Crippen molar-refractivity contribution < 1.29 is 32.3 Å². The lowest BCUT2D eigenvalue weighted by Crippen LogP contribution is -2.45. The zero-order valence-electron chi connectivity index (χ0n) is 17.8. The first-order chi connectivity index (χ1) is 14.7. The van der Waals surface area contributed by atoms with Gasteiger partial charge in [0.1, 0.15) is 5.75 Å². The van der Waals surface area contributed by atoms with E-state index in [1.165, 1.54) is 44.6 Å². The van der Waals surface area contributed by atoms with Crippen molar-refractivity contribution in [2.75, 3.05) is 40.4 Å². The lowest BCUT2D eigenvalue weighted by molar-refractivity contribution is -0.386. The van der Waals surface area contributed by atoms with Crippen molar-refractivity contribution in [3.63, 3.8) is 0 Å². The maximum Gasteiger partial charge on any atom is 0.573 e. The Balaban J connectivity index is 0.00000272. The number of nitro groups is 1. The van der Waals surface area contributed by atoms with E-state index in [0.717, 1.165) is 0 Å². The van der Waals surface area contributed by atoms with Gasteiger partial charge >= 0.3 is 6.36 Å². The molecule has 2 aromatic rings. The summed E-state index contributed by atoms with van der Waals surface area (Å²) in [4.78, 5) is 13.4. The topological polar surface area (TPSA) is 86.1 Å². The van der Waals surface area contributed by atoms with Gasteiger partial charge in [-0.1, -0.05) is 12.1 Å². The van der Waals surface area contributed by atoms with Gasteiger partial charge in [0.05, 0.1) is 36.8 Å². The highest BCUT2D eigenvalue weighted by Gasteiger charge is 2.33. The molecule has 0 aromatic heterocycles. The minimum Gasteiger partial charge on any atom is -0.493 e. The molecule has 1 N–H and O–H groups in total. The van der Waals surface area contributed by atoms with Gasteiger partial charge in [0.2, 0.25) is 0 Å². The summed E-state index contributed by atoms with van der Waals surface area (Å²) < 4.78 is 52.0. The molecule has 0 radical (unpaired) electrons. The number of nitrogens with one attached hydrogen (secondary N) is 1. The molecule has 0 bridgehead atoms. The molecule has 1 aliphatic rings. The van der Waals surface area contributed by atoms with Crippen molar-refractivity contribution in [1.29, 1.82) is 0 Å². The minimum absolute atomic E-state index is 0. The molecule has 3 rings (SSSR count). The Hall–Kier alpha value is -2.47. The van der Waals surface area contributed by atoms with E-state index in [0.29, 0.717) is 43.1 Å². The Labute approximate surface area is 201 Å². The smallest absolute Gasteiger partial charge is 0.493 e. The van der Waals surface area contributed by atoms with Gasteiger partial charge in [-0.25, -0.2) is 0 Å². The molecular formula is C20H24Cl2F3N3O5. The van der Waals surface area contributed by atoms with E-state index in [1.807, 2.05) is 4.90 Å². The fourth-order valence-corrected chi connectivity index (χ4v) is 3.64. The lowest BCUT2D eigenvalue weighted by Gasteiger charge is -2.35. The molecule has 0 saturated carbocycles. The molecule has 0 spiro atoms. The summed E-state index contributed by atoms with van der Waals surface area (Å²) in [6.45, 7) is 2.54. The summed E-state index contributed by atoms with van der Waals surface area (Å²) in [5, 5.41) is 15.1. The summed E-state index contributed by atoms with van der Waals surface area (Å²) >= 11 is 0. The molecule has 0 amide bonds. The molecule has 1 fully saturated rings. The fraction of sp³-hybridized carbons (Fsp3) is 0.400. The van der Waals surface area contributed by atoms with E-state index in [-0.39, 0.29) is 42.0 Å². The van der Waals surface area contributed by atoms with E-state index >= 15 is 0 Å². The molecule has 0 unspecified atom stereocenters. The second-order valence-electron chi connectivity index (χ2n) is 6.83. The summed E-state index contributed by atoms with van der Waals surface area (Å²) in [5.41, 5.74) is 0.776. The predicted molar refractivity (Wildman–Crippen MR) is 120 cm³/mol. The number of nitro benzene ring substituents is 1. The fourth-order valence-electron chi connectivity index (χ4n) is 3.64. The minimum atomic E-state index is -4.80. The zero-order valence-corrected chi connectivity index (χ0v) is 19.4.